The number of benzene rings is 4. The Labute approximate surface area is 241 Å². The fourth-order valence-electron chi connectivity index (χ4n) is 7.29. The molecule has 0 amide bonds. The summed E-state index contributed by atoms with van der Waals surface area (Å²) in [4.78, 5) is 0. The topological polar surface area (TPSA) is 0 Å². The third kappa shape index (κ3) is 4.39. The van der Waals surface area contributed by atoms with E-state index in [4.69, 9.17) is 0 Å². The molecule has 0 spiro atoms. The highest BCUT2D eigenvalue weighted by atomic mass is 14.4. The van der Waals surface area contributed by atoms with Gasteiger partial charge in [0.15, 0.2) is 0 Å². The van der Waals surface area contributed by atoms with E-state index >= 15 is 0 Å². The second-order valence-electron chi connectivity index (χ2n) is 12.9. The van der Waals surface area contributed by atoms with E-state index in [-0.39, 0.29) is 5.41 Å². The molecule has 0 aliphatic heterocycles. The quantitative estimate of drug-likeness (QED) is 0.236. The number of fused-ring (bicyclic) bond motifs is 2. The van der Waals surface area contributed by atoms with Crippen LogP contribution >= 0.6 is 0 Å². The maximum Gasteiger partial charge on any atom is 0.0108 e. The van der Waals surface area contributed by atoms with Gasteiger partial charge in [-0.05, 0) is 120 Å². The van der Waals surface area contributed by atoms with Gasteiger partial charge >= 0.3 is 0 Å². The molecule has 40 heavy (non-hydrogen) atoms. The van der Waals surface area contributed by atoms with Crippen molar-refractivity contribution in [3.8, 4) is 22.3 Å². The molecule has 0 bridgehead atoms. The van der Waals surface area contributed by atoms with E-state index in [1.54, 1.807) is 11.1 Å². The fraction of sp³-hybridized carbons (Fsp3) is 0.300. The lowest BCUT2D eigenvalue weighted by Gasteiger charge is -2.35. The maximum atomic E-state index is 2.56. The van der Waals surface area contributed by atoms with Crippen LogP contribution in [0.4, 0.5) is 0 Å². The van der Waals surface area contributed by atoms with Gasteiger partial charge in [-0.15, -0.1) is 0 Å². The van der Waals surface area contributed by atoms with E-state index in [1.165, 1.54) is 66.8 Å². The molecule has 0 saturated carbocycles. The zero-order valence-electron chi connectivity index (χ0n) is 25.3. The van der Waals surface area contributed by atoms with Crippen LogP contribution in [-0.4, -0.2) is 0 Å². The highest BCUT2D eigenvalue weighted by molar-refractivity contribution is 5.86. The minimum Gasteiger partial charge on any atom is -0.0627 e. The van der Waals surface area contributed by atoms with Gasteiger partial charge in [0.2, 0.25) is 0 Å². The van der Waals surface area contributed by atoms with E-state index in [9.17, 15) is 0 Å². The van der Waals surface area contributed by atoms with Crippen LogP contribution in [0.2, 0.25) is 0 Å². The van der Waals surface area contributed by atoms with Crippen LogP contribution in [0.15, 0.2) is 83.9 Å². The van der Waals surface area contributed by atoms with Crippen molar-refractivity contribution < 1.29 is 0 Å². The van der Waals surface area contributed by atoms with Crippen LogP contribution in [0.1, 0.15) is 71.7 Å². The first-order chi connectivity index (χ1) is 19.2. The molecule has 0 fully saturated rings. The minimum absolute atomic E-state index is 0.0179. The lowest BCUT2D eigenvalue weighted by atomic mass is 9.69. The van der Waals surface area contributed by atoms with Crippen LogP contribution < -0.4 is 0 Å². The first-order valence-electron chi connectivity index (χ1n) is 15.0. The van der Waals surface area contributed by atoms with Crippen LogP contribution in [0.3, 0.4) is 0 Å². The molecule has 0 atom stereocenters. The van der Waals surface area contributed by atoms with Crippen LogP contribution in [-0.2, 0) is 12.8 Å². The molecule has 202 valence electrons. The smallest absolute Gasteiger partial charge is 0.0108 e. The minimum atomic E-state index is 0.0179. The molecular weight excluding hydrogens is 480 g/mol. The average Bonchev–Trinajstić information content (AvgIpc) is 3.57. The number of aryl methyl sites for hydroxylation is 2. The molecule has 2 aliphatic rings. The third-order valence-electron chi connectivity index (χ3n) is 9.82. The Morgan fingerprint density at radius 1 is 0.575 bits per heavy atom. The van der Waals surface area contributed by atoms with Crippen molar-refractivity contribution in [2.24, 2.45) is 11.3 Å². The molecule has 0 N–H and O–H groups in total. The van der Waals surface area contributed by atoms with E-state index < -0.39 is 0 Å². The molecule has 4 aromatic rings. The molecule has 6 rings (SSSR count). The van der Waals surface area contributed by atoms with Crippen LogP contribution in [0.5, 0.6) is 0 Å². The van der Waals surface area contributed by atoms with E-state index in [1.807, 2.05) is 0 Å². The highest BCUT2D eigenvalue weighted by Crippen LogP contribution is 2.52. The molecule has 0 saturated heterocycles. The van der Waals surface area contributed by atoms with E-state index in [0.29, 0.717) is 5.92 Å². The third-order valence-corrected chi connectivity index (χ3v) is 9.82. The van der Waals surface area contributed by atoms with Gasteiger partial charge in [0.1, 0.15) is 0 Å². The fourth-order valence-corrected chi connectivity index (χ4v) is 7.29. The first kappa shape index (κ1) is 26.6. The summed E-state index contributed by atoms with van der Waals surface area (Å²) >= 11 is 0. The van der Waals surface area contributed by atoms with Gasteiger partial charge < -0.3 is 0 Å². The van der Waals surface area contributed by atoms with Gasteiger partial charge in [0.05, 0.1) is 0 Å². The molecule has 4 aromatic carbocycles. The van der Waals surface area contributed by atoms with E-state index in [0.717, 1.165) is 19.3 Å². The summed E-state index contributed by atoms with van der Waals surface area (Å²) in [6.45, 7) is 16.3. The van der Waals surface area contributed by atoms with Crippen molar-refractivity contribution >= 4 is 12.2 Å². The number of hydrogen-bond donors (Lipinski definition) is 0. The summed E-state index contributed by atoms with van der Waals surface area (Å²) in [5, 5.41) is 0. The van der Waals surface area contributed by atoms with Gasteiger partial charge in [0, 0.05) is 5.41 Å². The Morgan fingerprint density at radius 2 is 0.975 bits per heavy atom. The van der Waals surface area contributed by atoms with Crippen molar-refractivity contribution in [3.63, 3.8) is 0 Å². The zero-order valence-corrected chi connectivity index (χ0v) is 25.3. The van der Waals surface area contributed by atoms with Crippen molar-refractivity contribution in [1.82, 2.24) is 0 Å². The second kappa shape index (κ2) is 10.1. The van der Waals surface area contributed by atoms with E-state index in [2.05, 4.69) is 133 Å². The van der Waals surface area contributed by atoms with Gasteiger partial charge in [0.25, 0.3) is 0 Å². The zero-order chi connectivity index (χ0) is 28.2. The van der Waals surface area contributed by atoms with Gasteiger partial charge in [-0.1, -0.05) is 117 Å². The first-order valence-corrected chi connectivity index (χ1v) is 15.0. The average molecular weight is 523 g/mol. The number of allylic oxidation sites excluding steroid dienone is 2. The normalized spacial score (nSPS) is 14.3. The second-order valence-corrected chi connectivity index (χ2v) is 12.9. The molecule has 0 radical (unpaired) electrons. The summed E-state index contributed by atoms with van der Waals surface area (Å²) in [6, 6.07) is 27.3. The Bertz CT molecular complexity index is 1570. The molecule has 0 aromatic heterocycles. The lowest BCUT2D eigenvalue weighted by molar-refractivity contribution is 0.363. The van der Waals surface area contributed by atoms with Crippen molar-refractivity contribution in [2.75, 3.05) is 0 Å². The van der Waals surface area contributed by atoms with Crippen LogP contribution in [0.25, 0.3) is 34.4 Å². The van der Waals surface area contributed by atoms with Crippen molar-refractivity contribution in [1.29, 1.82) is 0 Å². The highest BCUT2D eigenvalue weighted by Gasteiger charge is 2.38. The van der Waals surface area contributed by atoms with Crippen molar-refractivity contribution in [2.45, 2.75) is 67.7 Å². The Balaban J connectivity index is 1.46. The predicted octanol–water partition coefficient (Wildman–Crippen LogP) is 10.9. The maximum absolute atomic E-state index is 2.56. The Kier molecular flexibility index (Phi) is 6.70. The van der Waals surface area contributed by atoms with Crippen LogP contribution in [0, 0.1) is 39.0 Å². The number of hydrogen-bond acceptors (Lipinski definition) is 0. The number of rotatable bonds is 6. The Morgan fingerprint density at radius 3 is 1.40 bits per heavy atom. The molecule has 0 heterocycles. The summed E-state index contributed by atoms with van der Waals surface area (Å²) in [5.74, 6) is 0.608. The summed E-state index contributed by atoms with van der Waals surface area (Å²) in [6.07, 6.45) is 8.35. The molecule has 0 heteroatoms. The molecular formula is C40H42. The molecule has 2 aliphatic carbocycles. The van der Waals surface area contributed by atoms with Crippen molar-refractivity contribution in [3.05, 3.63) is 128 Å². The summed E-state index contributed by atoms with van der Waals surface area (Å²) in [5.41, 5.74) is 19.9. The standard InChI is InChI=1S/C40H42/c1-25(2)24-40(7,32-20-30-14-10-18-36(38(30)22-32)34-16-8-12-26(3)28(34)5)33-21-31-15-11-19-37(39(31)23-33)35-17-9-13-27(4)29(35)6/h8-19,22-23,25H,20-21,24H2,1-7H3. The monoisotopic (exact) mass is 522 g/mol. The largest absolute Gasteiger partial charge is 0.0627 e. The summed E-state index contributed by atoms with van der Waals surface area (Å²) < 4.78 is 0. The molecule has 0 unspecified atom stereocenters. The SMILES string of the molecule is Cc1cccc(-c2cccc3c2C=C(C(C)(CC(C)C)C2=Cc4c(cccc4-c4cccc(C)c4C)C2)C3)c1C. The summed E-state index contributed by atoms with van der Waals surface area (Å²) in [7, 11) is 0. The van der Waals surface area contributed by atoms with Gasteiger partial charge in [-0.3, -0.25) is 0 Å². The predicted molar refractivity (Wildman–Crippen MR) is 174 cm³/mol. The Hall–Kier alpha value is -3.64. The van der Waals surface area contributed by atoms with Gasteiger partial charge in [-0.2, -0.15) is 0 Å². The lowest BCUT2D eigenvalue weighted by Crippen LogP contribution is -2.25. The molecule has 0 nitrogen and oxygen atoms in total. The van der Waals surface area contributed by atoms with Gasteiger partial charge in [-0.25, -0.2) is 0 Å².